The molecule has 0 radical (unpaired) electrons. The van der Waals surface area contributed by atoms with E-state index in [4.69, 9.17) is 9.15 Å². The highest BCUT2D eigenvalue weighted by molar-refractivity contribution is 7.99. The largest absolute Gasteiger partial charge is 0.424 e. The Labute approximate surface area is 116 Å². The van der Waals surface area contributed by atoms with Crippen LogP contribution >= 0.6 is 11.8 Å². The summed E-state index contributed by atoms with van der Waals surface area (Å²) in [7, 11) is 1.80. The lowest BCUT2D eigenvalue weighted by atomic mass is 9.96. The Bertz CT molecular complexity index is 516. The molecule has 3 rings (SSSR count). The molecule has 5 heteroatoms. The number of fused-ring (bicyclic) bond motifs is 1. The van der Waals surface area contributed by atoms with Gasteiger partial charge in [-0.15, -0.1) is 0 Å². The Hall–Kier alpha value is -1.20. The minimum absolute atomic E-state index is 0.0775. The van der Waals surface area contributed by atoms with Crippen molar-refractivity contribution in [1.29, 1.82) is 0 Å². The first-order valence-electron chi connectivity index (χ1n) is 6.54. The molecule has 1 fully saturated rings. The van der Waals surface area contributed by atoms with Gasteiger partial charge in [-0.05, 0) is 36.5 Å². The lowest BCUT2D eigenvalue weighted by molar-refractivity contribution is -0.00582. The van der Waals surface area contributed by atoms with Gasteiger partial charge >= 0.3 is 0 Å². The van der Waals surface area contributed by atoms with Crippen LogP contribution in [0.25, 0.3) is 11.1 Å². The Morgan fingerprint density at radius 3 is 2.89 bits per heavy atom. The summed E-state index contributed by atoms with van der Waals surface area (Å²) in [6, 6.07) is 8.37. The first kappa shape index (κ1) is 12.8. The third-order valence-electron chi connectivity index (χ3n) is 3.69. The topological polar surface area (TPSA) is 47.3 Å². The summed E-state index contributed by atoms with van der Waals surface area (Å²) >= 11 is 1.99. The quantitative estimate of drug-likeness (QED) is 0.931. The number of rotatable bonds is 4. The van der Waals surface area contributed by atoms with Gasteiger partial charge in [0.2, 0.25) is 0 Å². The number of nitrogens with one attached hydrogen (secondary N) is 1. The number of aromatic nitrogens is 1. The zero-order valence-corrected chi connectivity index (χ0v) is 11.8. The molecule has 0 bridgehead atoms. The molecule has 0 aliphatic carbocycles. The van der Waals surface area contributed by atoms with E-state index < -0.39 is 0 Å². The molecule has 1 saturated heterocycles. The van der Waals surface area contributed by atoms with E-state index >= 15 is 0 Å². The van der Waals surface area contributed by atoms with Gasteiger partial charge in [0.25, 0.3) is 6.01 Å². The number of methoxy groups -OCH3 is 1. The molecule has 102 valence electrons. The average molecular weight is 278 g/mol. The maximum atomic E-state index is 5.73. The van der Waals surface area contributed by atoms with Gasteiger partial charge in [-0.1, -0.05) is 12.1 Å². The SMILES string of the molecule is COC1(CNc2nc3ccccc3o2)CCSCC1. The predicted molar refractivity (Wildman–Crippen MR) is 78.8 cm³/mol. The minimum atomic E-state index is -0.0775. The molecule has 2 aromatic rings. The molecule has 0 saturated carbocycles. The van der Waals surface area contributed by atoms with E-state index in [1.165, 1.54) is 0 Å². The summed E-state index contributed by atoms with van der Waals surface area (Å²) in [5.41, 5.74) is 1.62. The zero-order chi connectivity index (χ0) is 13.1. The van der Waals surface area contributed by atoms with Crippen LogP contribution in [0.2, 0.25) is 0 Å². The summed E-state index contributed by atoms with van der Waals surface area (Å²) in [6.07, 6.45) is 2.14. The third-order valence-corrected chi connectivity index (χ3v) is 4.68. The molecule has 1 aliphatic rings. The van der Waals surface area contributed by atoms with E-state index in [1.54, 1.807) is 7.11 Å². The van der Waals surface area contributed by atoms with E-state index in [0.29, 0.717) is 6.01 Å². The number of hydrogen-bond donors (Lipinski definition) is 1. The van der Waals surface area contributed by atoms with E-state index in [1.807, 2.05) is 36.0 Å². The van der Waals surface area contributed by atoms with Crippen molar-refractivity contribution < 1.29 is 9.15 Å². The summed E-state index contributed by atoms with van der Waals surface area (Å²) < 4.78 is 11.4. The second-order valence-electron chi connectivity index (χ2n) is 4.84. The fourth-order valence-corrected chi connectivity index (χ4v) is 3.62. The van der Waals surface area contributed by atoms with E-state index in [9.17, 15) is 0 Å². The molecular weight excluding hydrogens is 260 g/mol. The summed E-state index contributed by atoms with van der Waals surface area (Å²) in [5, 5.41) is 3.28. The normalized spacial score (nSPS) is 18.6. The van der Waals surface area contributed by atoms with E-state index in [0.717, 1.165) is 42.0 Å². The van der Waals surface area contributed by atoms with Gasteiger partial charge in [-0.2, -0.15) is 16.7 Å². The molecule has 1 N–H and O–H groups in total. The fraction of sp³-hybridized carbons (Fsp3) is 0.500. The number of para-hydroxylation sites is 2. The lowest BCUT2D eigenvalue weighted by Gasteiger charge is -2.35. The van der Waals surface area contributed by atoms with Crippen LogP contribution in [0.15, 0.2) is 28.7 Å². The average Bonchev–Trinajstić information content (AvgIpc) is 2.89. The Morgan fingerprint density at radius 1 is 1.37 bits per heavy atom. The van der Waals surface area contributed by atoms with Crippen molar-refractivity contribution in [2.24, 2.45) is 0 Å². The molecule has 4 nitrogen and oxygen atoms in total. The first-order valence-corrected chi connectivity index (χ1v) is 7.69. The number of oxazole rings is 1. The molecule has 0 atom stereocenters. The molecule has 0 amide bonds. The number of ether oxygens (including phenoxy) is 1. The minimum Gasteiger partial charge on any atom is -0.424 e. The highest BCUT2D eigenvalue weighted by atomic mass is 32.2. The maximum Gasteiger partial charge on any atom is 0.295 e. The summed E-state index contributed by atoms with van der Waals surface area (Å²) in [6.45, 7) is 0.747. The van der Waals surface area contributed by atoms with Crippen LogP contribution < -0.4 is 5.32 Å². The van der Waals surface area contributed by atoms with Gasteiger partial charge in [-0.25, -0.2) is 0 Å². The van der Waals surface area contributed by atoms with Gasteiger partial charge in [0.15, 0.2) is 5.58 Å². The standard InChI is InChI=1S/C14H18N2O2S/c1-17-14(6-8-19-9-7-14)10-15-13-16-11-4-2-3-5-12(11)18-13/h2-5H,6-10H2,1H3,(H,15,16). The van der Waals surface area contributed by atoms with E-state index in [2.05, 4.69) is 10.3 Å². The highest BCUT2D eigenvalue weighted by Gasteiger charge is 2.32. The van der Waals surface area contributed by atoms with Crippen molar-refractivity contribution in [1.82, 2.24) is 4.98 Å². The first-order chi connectivity index (χ1) is 9.31. The number of hydrogen-bond acceptors (Lipinski definition) is 5. The fourth-order valence-electron chi connectivity index (χ4n) is 2.38. The van der Waals surface area contributed by atoms with Crippen LogP contribution in [-0.4, -0.2) is 35.7 Å². The van der Waals surface area contributed by atoms with Gasteiger partial charge in [-0.3, -0.25) is 0 Å². The van der Waals surface area contributed by atoms with Crippen LogP contribution in [0.1, 0.15) is 12.8 Å². The molecule has 0 unspecified atom stereocenters. The van der Waals surface area contributed by atoms with Crippen molar-refractivity contribution in [2.75, 3.05) is 30.5 Å². The van der Waals surface area contributed by atoms with Crippen molar-refractivity contribution in [3.05, 3.63) is 24.3 Å². The van der Waals surface area contributed by atoms with Gasteiger partial charge in [0.05, 0.1) is 5.60 Å². The van der Waals surface area contributed by atoms with Gasteiger partial charge < -0.3 is 14.5 Å². The maximum absolute atomic E-state index is 5.73. The Balaban J connectivity index is 1.70. The Morgan fingerprint density at radius 2 is 2.16 bits per heavy atom. The number of nitrogens with zero attached hydrogens (tertiary/aromatic N) is 1. The van der Waals surface area contributed by atoms with Gasteiger partial charge in [0.1, 0.15) is 5.52 Å². The van der Waals surface area contributed by atoms with E-state index in [-0.39, 0.29) is 5.60 Å². The second-order valence-corrected chi connectivity index (χ2v) is 6.06. The number of anilines is 1. The van der Waals surface area contributed by atoms with Crippen molar-refractivity contribution >= 4 is 28.9 Å². The van der Waals surface area contributed by atoms with Crippen LogP contribution in [-0.2, 0) is 4.74 Å². The molecular formula is C14H18N2O2S. The number of thioether (sulfide) groups is 1. The smallest absolute Gasteiger partial charge is 0.295 e. The molecule has 1 aromatic carbocycles. The zero-order valence-electron chi connectivity index (χ0n) is 11.0. The molecule has 2 heterocycles. The molecule has 1 aromatic heterocycles. The van der Waals surface area contributed by atoms with Crippen LogP contribution in [0.5, 0.6) is 0 Å². The highest BCUT2D eigenvalue weighted by Crippen LogP contribution is 2.30. The van der Waals surface area contributed by atoms with Crippen LogP contribution in [0.3, 0.4) is 0 Å². The van der Waals surface area contributed by atoms with Crippen molar-refractivity contribution in [3.63, 3.8) is 0 Å². The Kier molecular flexibility index (Phi) is 3.66. The molecule has 1 aliphatic heterocycles. The van der Waals surface area contributed by atoms with Crippen molar-refractivity contribution in [2.45, 2.75) is 18.4 Å². The van der Waals surface area contributed by atoms with Crippen molar-refractivity contribution in [3.8, 4) is 0 Å². The lowest BCUT2D eigenvalue weighted by Crippen LogP contribution is -2.42. The third kappa shape index (κ3) is 2.72. The summed E-state index contributed by atoms with van der Waals surface area (Å²) in [4.78, 5) is 4.42. The van der Waals surface area contributed by atoms with Gasteiger partial charge in [0, 0.05) is 13.7 Å². The van der Waals surface area contributed by atoms with Crippen LogP contribution in [0.4, 0.5) is 6.01 Å². The monoisotopic (exact) mass is 278 g/mol. The predicted octanol–water partition coefficient (Wildman–Crippen LogP) is 3.15. The molecule has 19 heavy (non-hydrogen) atoms. The molecule has 0 spiro atoms. The second kappa shape index (κ2) is 5.43. The number of benzene rings is 1. The van der Waals surface area contributed by atoms with Crippen LogP contribution in [0, 0.1) is 0 Å². The summed E-state index contributed by atoms with van der Waals surface area (Å²) in [5.74, 6) is 2.31.